The van der Waals surface area contributed by atoms with Crippen LogP contribution in [0.1, 0.15) is 29.0 Å². The second-order valence-corrected chi connectivity index (χ2v) is 6.85. The third-order valence-electron chi connectivity index (χ3n) is 3.16. The molecule has 1 aromatic rings. The summed E-state index contributed by atoms with van der Waals surface area (Å²) in [7, 11) is -3.04. The molecule has 100 valence electrons. The van der Waals surface area contributed by atoms with Crippen molar-refractivity contribution in [3.05, 3.63) is 11.4 Å². The Hall–Kier alpha value is -1.57. The van der Waals surface area contributed by atoms with Gasteiger partial charge in [-0.2, -0.15) is 5.10 Å². The lowest BCUT2D eigenvalue weighted by Gasteiger charge is -2.09. The number of amides is 1. The highest BCUT2D eigenvalue weighted by molar-refractivity contribution is 7.92. The molecule has 0 radical (unpaired) electrons. The number of nitrogens with one attached hydrogen (secondary N) is 2. The molecule has 7 nitrogen and oxygen atoms in total. The van der Waals surface area contributed by atoms with Crippen molar-refractivity contribution in [2.75, 3.05) is 18.0 Å². The molecular formula is C10H16N4O3S. The number of nitrogens with zero attached hydrogens (tertiary/aromatic N) is 1. The highest BCUT2D eigenvalue weighted by Gasteiger charge is 2.31. The molecule has 0 saturated carbocycles. The molecule has 0 aliphatic carbocycles. The van der Waals surface area contributed by atoms with Gasteiger partial charge >= 0.3 is 0 Å². The van der Waals surface area contributed by atoms with E-state index in [2.05, 4.69) is 15.5 Å². The Bertz CT molecular complexity index is 564. The fourth-order valence-electron chi connectivity index (χ4n) is 1.99. The van der Waals surface area contributed by atoms with Crippen LogP contribution in [0.5, 0.6) is 0 Å². The molecule has 1 fully saturated rings. The van der Waals surface area contributed by atoms with Gasteiger partial charge in [0.25, 0.3) is 5.91 Å². The molecule has 1 aliphatic heterocycles. The lowest BCUT2D eigenvalue weighted by molar-refractivity contribution is 0.0949. The summed E-state index contributed by atoms with van der Waals surface area (Å²) in [6, 6.07) is 0. The van der Waals surface area contributed by atoms with Crippen LogP contribution in [0.25, 0.3) is 0 Å². The molecule has 1 atom stereocenters. The first kappa shape index (κ1) is 12.9. The maximum Gasteiger partial charge on any atom is 0.273 e. The van der Waals surface area contributed by atoms with Gasteiger partial charge in [0, 0.05) is 6.54 Å². The number of sulfone groups is 1. The van der Waals surface area contributed by atoms with Gasteiger partial charge in [-0.1, -0.05) is 0 Å². The van der Waals surface area contributed by atoms with E-state index >= 15 is 0 Å². The van der Waals surface area contributed by atoms with Gasteiger partial charge in [-0.15, -0.1) is 0 Å². The minimum atomic E-state index is -3.04. The highest BCUT2D eigenvalue weighted by Crippen LogP contribution is 2.19. The minimum Gasteiger partial charge on any atom is -0.395 e. The van der Waals surface area contributed by atoms with E-state index in [-0.39, 0.29) is 18.0 Å². The van der Waals surface area contributed by atoms with Crippen molar-refractivity contribution in [1.82, 2.24) is 15.5 Å². The number of aromatic amines is 1. The van der Waals surface area contributed by atoms with Gasteiger partial charge in [0.2, 0.25) is 0 Å². The first-order valence-corrected chi connectivity index (χ1v) is 7.43. The summed E-state index contributed by atoms with van der Waals surface area (Å²) in [4.78, 5) is 11.8. The molecule has 1 aromatic heterocycles. The molecule has 2 rings (SSSR count). The molecule has 0 spiro atoms. The molecule has 18 heavy (non-hydrogen) atoms. The Morgan fingerprint density at radius 2 is 2.33 bits per heavy atom. The van der Waals surface area contributed by atoms with Crippen molar-refractivity contribution < 1.29 is 13.2 Å². The number of hydrogen-bond acceptors (Lipinski definition) is 5. The van der Waals surface area contributed by atoms with Crippen molar-refractivity contribution in [2.45, 2.75) is 25.0 Å². The zero-order chi connectivity index (χ0) is 13.3. The number of H-pyrrole nitrogens is 1. The van der Waals surface area contributed by atoms with Crippen LogP contribution in [0, 0.1) is 6.92 Å². The van der Waals surface area contributed by atoms with Crippen LogP contribution in [-0.4, -0.2) is 42.1 Å². The van der Waals surface area contributed by atoms with Gasteiger partial charge in [-0.25, -0.2) is 8.42 Å². The summed E-state index contributed by atoms with van der Waals surface area (Å²) in [5.74, 6) is -0.240. The average Bonchev–Trinajstić information content (AvgIpc) is 2.80. The fourth-order valence-corrected chi connectivity index (χ4v) is 3.75. The van der Waals surface area contributed by atoms with E-state index in [1.807, 2.05) is 0 Å². The number of aromatic nitrogens is 2. The molecule has 1 amide bonds. The van der Waals surface area contributed by atoms with Crippen molar-refractivity contribution >= 4 is 21.4 Å². The average molecular weight is 272 g/mol. The van der Waals surface area contributed by atoms with Crippen LogP contribution in [0.15, 0.2) is 0 Å². The summed E-state index contributed by atoms with van der Waals surface area (Å²) in [6.45, 7) is 1.83. The lowest BCUT2D eigenvalue weighted by atomic mass is 10.2. The number of anilines is 1. The second-order valence-electron chi connectivity index (χ2n) is 4.45. The number of nitrogens with two attached hydrogens (primary N) is 1. The summed E-state index contributed by atoms with van der Waals surface area (Å²) >= 11 is 0. The predicted octanol–water partition coefficient (Wildman–Crippen LogP) is -0.393. The minimum absolute atomic E-state index is 0.114. The Morgan fingerprint density at radius 1 is 1.61 bits per heavy atom. The molecular weight excluding hydrogens is 256 g/mol. The Kier molecular flexibility index (Phi) is 3.29. The Labute approximate surface area is 105 Å². The van der Waals surface area contributed by atoms with E-state index in [1.54, 1.807) is 6.92 Å². The van der Waals surface area contributed by atoms with Crippen LogP contribution in [0.4, 0.5) is 5.69 Å². The van der Waals surface area contributed by atoms with Gasteiger partial charge in [-0.05, 0) is 19.8 Å². The second kappa shape index (κ2) is 4.60. The molecule has 1 saturated heterocycles. The van der Waals surface area contributed by atoms with Crippen LogP contribution < -0.4 is 11.1 Å². The number of carbonyl (C=O) groups excluding carboxylic acids is 1. The maximum atomic E-state index is 11.8. The highest BCUT2D eigenvalue weighted by atomic mass is 32.2. The monoisotopic (exact) mass is 272 g/mol. The van der Waals surface area contributed by atoms with Gasteiger partial charge < -0.3 is 11.1 Å². The van der Waals surface area contributed by atoms with Gasteiger partial charge in [0.05, 0.1) is 22.4 Å². The number of hydrogen-bond donors (Lipinski definition) is 3. The zero-order valence-electron chi connectivity index (χ0n) is 10.1. The van der Waals surface area contributed by atoms with Gasteiger partial charge in [0.15, 0.2) is 15.5 Å². The lowest BCUT2D eigenvalue weighted by Crippen LogP contribution is -2.35. The van der Waals surface area contributed by atoms with Crippen LogP contribution in [0.3, 0.4) is 0 Å². The fraction of sp³-hybridized carbons (Fsp3) is 0.600. The summed E-state index contributed by atoms with van der Waals surface area (Å²) < 4.78 is 23.2. The molecule has 1 unspecified atom stereocenters. The first-order valence-electron chi connectivity index (χ1n) is 5.72. The number of aryl methyl sites for hydroxylation is 1. The third-order valence-corrected chi connectivity index (χ3v) is 5.44. The zero-order valence-corrected chi connectivity index (χ0v) is 10.9. The topological polar surface area (TPSA) is 118 Å². The molecule has 0 bridgehead atoms. The van der Waals surface area contributed by atoms with E-state index in [0.29, 0.717) is 24.2 Å². The SMILES string of the molecule is Cc1[nH]nc(C(=O)NCC2CCCS2(=O)=O)c1N. The number of nitrogen functional groups attached to an aromatic ring is 1. The molecule has 0 aromatic carbocycles. The maximum absolute atomic E-state index is 11.8. The van der Waals surface area contributed by atoms with E-state index in [0.717, 1.165) is 0 Å². The van der Waals surface area contributed by atoms with E-state index in [9.17, 15) is 13.2 Å². The predicted molar refractivity (Wildman–Crippen MR) is 66.9 cm³/mol. The molecule has 1 aliphatic rings. The summed E-state index contributed by atoms with van der Waals surface area (Å²) in [5, 5.41) is 8.48. The quantitative estimate of drug-likeness (QED) is 0.692. The largest absolute Gasteiger partial charge is 0.395 e. The standard InChI is InChI=1S/C10H16N4O3S/c1-6-8(11)9(14-13-6)10(15)12-5-7-3-2-4-18(7,16)17/h7H,2-5,11H2,1H3,(H,12,15)(H,13,14). The van der Waals surface area contributed by atoms with E-state index in [1.165, 1.54) is 0 Å². The van der Waals surface area contributed by atoms with Crippen molar-refractivity contribution in [3.63, 3.8) is 0 Å². The summed E-state index contributed by atoms with van der Waals surface area (Å²) in [6.07, 6.45) is 1.25. The van der Waals surface area contributed by atoms with Crippen LogP contribution in [0.2, 0.25) is 0 Å². The van der Waals surface area contributed by atoms with Crippen LogP contribution >= 0.6 is 0 Å². The van der Waals surface area contributed by atoms with Gasteiger partial charge in [-0.3, -0.25) is 9.89 Å². The Balaban J connectivity index is 1.99. The van der Waals surface area contributed by atoms with Crippen LogP contribution in [-0.2, 0) is 9.84 Å². The normalized spacial score (nSPS) is 21.9. The van der Waals surface area contributed by atoms with Gasteiger partial charge in [0.1, 0.15) is 0 Å². The van der Waals surface area contributed by atoms with Crippen molar-refractivity contribution in [3.8, 4) is 0 Å². The van der Waals surface area contributed by atoms with E-state index < -0.39 is 21.0 Å². The number of carbonyl (C=O) groups is 1. The van der Waals surface area contributed by atoms with E-state index in [4.69, 9.17) is 5.73 Å². The number of rotatable bonds is 3. The van der Waals surface area contributed by atoms with Crippen molar-refractivity contribution in [2.24, 2.45) is 0 Å². The smallest absolute Gasteiger partial charge is 0.273 e. The van der Waals surface area contributed by atoms with Crippen molar-refractivity contribution in [1.29, 1.82) is 0 Å². The summed E-state index contributed by atoms with van der Waals surface area (Å²) in [5.41, 5.74) is 6.69. The molecule has 2 heterocycles. The molecule has 8 heteroatoms. The first-order chi connectivity index (χ1) is 8.42. The molecule has 4 N–H and O–H groups in total. The third kappa shape index (κ3) is 2.33. The Morgan fingerprint density at radius 3 is 2.83 bits per heavy atom.